The highest BCUT2D eigenvalue weighted by molar-refractivity contribution is 6.22. The number of aryl methyl sites for hydroxylation is 2. The lowest BCUT2D eigenvalue weighted by atomic mass is 9.67. The number of carbonyl (C=O) groups is 1. The SMILES string of the molecule is Cc1ccc(-c2ccc(C)c(C3=C(O)CC4(CCOCC4)CC3=O)c2)cc1. The maximum Gasteiger partial charge on any atom is 0.167 e. The van der Waals surface area contributed by atoms with Gasteiger partial charge >= 0.3 is 0 Å². The average Bonchev–Trinajstić information content (AvgIpc) is 2.64. The Morgan fingerprint density at radius 1 is 0.926 bits per heavy atom. The first kappa shape index (κ1) is 18.0. The van der Waals surface area contributed by atoms with Crippen LogP contribution in [0, 0.1) is 19.3 Å². The Bertz CT molecular complexity index is 900. The molecule has 0 bridgehead atoms. The van der Waals surface area contributed by atoms with E-state index in [0.29, 0.717) is 31.6 Å². The first-order valence-corrected chi connectivity index (χ1v) is 9.69. The molecule has 0 saturated carbocycles. The molecule has 4 rings (SSSR count). The minimum Gasteiger partial charge on any atom is -0.512 e. The van der Waals surface area contributed by atoms with Gasteiger partial charge in [0.25, 0.3) is 0 Å². The summed E-state index contributed by atoms with van der Waals surface area (Å²) in [4.78, 5) is 13.1. The predicted molar refractivity (Wildman–Crippen MR) is 108 cm³/mol. The van der Waals surface area contributed by atoms with Gasteiger partial charge in [-0.2, -0.15) is 0 Å². The normalized spacial score (nSPS) is 19.6. The number of aliphatic hydroxyl groups excluding tert-OH is 1. The van der Waals surface area contributed by atoms with Gasteiger partial charge in [0.15, 0.2) is 5.78 Å². The first-order chi connectivity index (χ1) is 13.0. The fraction of sp³-hybridized carbons (Fsp3) is 0.375. The van der Waals surface area contributed by atoms with Gasteiger partial charge in [-0.25, -0.2) is 0 Å². The zero-order valence-electron chi connectivity index (χ0n) is 16.0. The van der Waals surface area contributed by atoms with Crippen LogP contribution in [0.1, 0.15) is 42.4 Å². The number of hydrogen-bond donors (Lipinski definition) is 1. The molecule has 0 aromatic heterocycles. The van der Waals surface area contributed by atoms with E-state index in [0.717, 1.165) is 35.1 Å². The summed E-state index contributed by atoms with van der Waals surface area (Å²) in [7, 11) is 0. The fourth-order valence-corrected chi connectivity index (χ4v) is 4.38. The third kappa shape index (κ3) is 3.44. The molecule has 2 aliphatic rings. The molecular weight excluding hydrogens is 336 g/mol. The highest BCUT2D eigenvalue weighted by Crippen LogP contribution is 2.46. The summed E-state index contributed by atoms with van der Waals surface area (Å²) in [5, 5.41) is 10.9. The molecule has 1 aliphatic carbocycles. The predicted octanol–water partition coefficient (Wildman–Crippen LogP) is 5.40. The van der Waals surface area contributed by atoms with Crippen molar-refractivity contribution in [3.63, 3.8) is 0 Å². The van der Waals surface area contributed by atoms with Gasteiger partial charge in [0.2, 0.25) is 0 Å². The van der Waals surface area contributed by atoms with Gasteiger partial charge in [-0.1, -0.05) is 42.0 Å². The van der Waals surface area contributed by atoms with E-state index in [9.17, 15) is 9.90 Å². The largest absolute Gasteiger partial charge is 0.512 e. The van der Waals surface area contributed by atoms with Gasteiger partial charge in [-0.05, 0) is 60.4 Å². The molecule has 1 saturated heterocycles. The van der Waals surface area contributed by atoms with E-state index in [-0.39, 0.29) is 17.0 Å². The monoisotopic (exact) mass is 362 g/mol. The third-order valence-electron chi connectivity index (χ3n) is 6.09. The number of Topliss-reactive ketones (excluding diaryl/α,β-unsaturated/α-hetero) is 1. The second-order valence-corrected chi connectivity index (χ2v) is 8.11. The number of carbonyl (C=O) groups excluding carboxylic acids is 1. The van der Waals surface area contributed by atoms with Crippen molar-refractivity contribution in [2.24, 2.45) is 5.41 Å². The van der Waals surface area contributed by atoms with Crippen LogP contribution in [0.4, 0.5) is 0 Å². The van der Waals surface area contributed by atoms with Crippen molar-refractivity contribution in [3.8, 4) is 11.1 Å². The van der Waals surface area contributed by atoms with E-state index < -0.39 is 0 Å². The molecule has 1 heterocycles. The second-order valence-electron chi connectivity index (χ2n) is 8.11. The summed E-state index contributed by atoms with van der Waals surface area (Å²) >= 11 is 0. The van der Waals surface area contributed by atoms with Crippen LogP contribution in [0.3, 0.4) is 0 Å². The highest BCUT2D eigenvalue weighted by atomic mass is 16.5. The van der Waals surface area contributed by atoms with Crippen molar-refractivity contribution in [1.29, 1.82) is 0 Å². The smallest absolute Gasteiger partial charge is 0.167 e. The van der Waals surface area contributed by atoms with E-state index >= 15 is 0 Å². The Hall–Kier alpha value is -2.39. The third-order valence-corrected chi connectivity index (χ3v) is 6.09. The minimum atomic E-state index is -0.120. The molecule has 140 valence electrons. The van der Waals surface area contributed by atoms with Crippen LogP contribution >= 0.6 is 0 Å². The minimum absolute atomic E-state index is 0.0600. The molecule has 1 spiro atoms. The summed E-state index contributed by atoms with van der Waals surface area (Å²) < 4.78 is 5.46. The Morgan fingerprint density at radius 3 is 2.26 bits per heavy atom. The highest BCUT2D eigenvalue weighted by Gasteiger charge is 2.41. The number of allylic oxidation sites excluding steroid dienone is 2. The van der Waals surface area contributed by atoms with Crippen LogP contribution in [0.15, 0.2) is 48.2 Å². The van der Waals surface area contributed by atoms with Crippen LogP contribution in [0.2, 0.25) is 0 Å². The number of aliphatic hydroxyl groups is 1. The van der Waals surface area contributed by atoms with E-state index in [1.54, 1.807) is 0 Å². The summed E-state index contributed by atoms with van der Waals surface area (Å²) in [6.45, 7) is 5.43. The molecule has 3 nitrogen and oxygen atoms in total. The van der Waals surface area contributed by atoms with Crippen molar-refractivity contribution in [1.82, 2.24) is 0 Å². The number of benzene rings is 2. The van der Waals surface area contributed by atoms with E-state index in [1.165, 1.54) is 5.56 Å². The van der Waals surface area contributed by atoms with Crippen LogP contribution in [-0.4, -0.2) is 24.1 Å². The lowest BCUT2D eigenvalue weighted by Crippen LogP contribution is -2.36. The fourth-order valence-electron chi connectivity index (χ4n) is 4.38. The second kappa shape index (κ2) is 6.97. The maximum absolute atomic E-state index is 13.1. The van der Waals surface area contributed by atoms with Crippen LogP contribution in [0.25, 0.3) is 16.7 Å². The summed E-state index contributed by atoms with van der Waals surface area (Å²) in [5.74, 6) is 0.308. The van der Waals surface area contributed by atoms with Crippen LogP contribution < -0.4 is 0 Å². The lowest BCUT2D eigenvalue weighted by Gasteiger charge is -2.39. The Kier molecular flexibility index (Phi) is 4.65. The zero-order chi connectivity index (χ0) is 19.0. The van der Waals surface area contributed by atoms with Crippen molar-refractivity contribution in [3.05, 3.63) is 64.9 Å². The molecule has 27 heavy (non-hydrogen) atoms. The van der Waals surface area contributed by atoms with Gasteiger partial charge in [-0.15, -0.1) is 0 Å². The number of ketones is 1. The van der Waals surface area contributed by atoms with Crippen molar-refractivity contribution >= 4 is 11.4 Å². The van der Waals surface area contributed by atoms with Crippen LogP contribution in [-0.2, 0) is 9.53 Å². The Morgan fingerprint density at radius 2 is 1.59 bits per heavy atom. The molecule has 0 atom stereocenters. The van der Waals surface area contributed by atoms with Crippen molar-refractivity contribution in [2.45, 2.75) is 39.5 Å². The van der Waals surface area contributed by atoms with E-state index in [2.05, 4.69) is 37.3 Å². The number of ether oxygens (including phenoxy) is 1. The van der Waals surface area contributed by atoms with Crippen LogP contribution in [0.5, 0.6) is 0 Å². The standard InChI is InChI=1S/C24H26O3/c1-16-3-6-18(7-4-16)19-8-5-17(2)20(13-19)23-21(25)14-24(15-22(23)26)9-11-27-12-10-24/h3-8,13,25H,9-12,14-15H2,1-2H3. The van der Waals surface area contributed by atoms with Gasteiger partial charge in [-0.3, -0.25) is 4.79 Å². The molecule has 2 aromatic rings. The summed E-state index contributed by atoms with van der Waals surface area (Å²) in [6, 6.07) is 14.5. The average molecular weight is 362 g/mol. The Balaban J connectivity index is 1.74. The number of rotatable bonds is 2. The topological polar surface area (TPSA) is 46.5 Å². The summed E-state index contributed by atoms with van der Waals surface area (Å²) in [5.41, 5.74) is 5.67. The van der Waals surface area contributed by atoms with Crippen molar-refractivity contribution in [2.75, 3.05) is 13.2 Å². The summed E-state index contributed by atoms with van der Waals surface area (Å²) in [6.07, 6.45) is 2.77. The molecule has 1 aliphatic heterocycles. The molecule has 1 fully saturated rings. The van der Waals surface area contributed by atoms with Gasteiger partial charge in [0, 0.05) is 26.1 Å². The maximum atomic E-state index is 13.1. The first-order valence-electron chi connectivity index (χ1n) is 9.69. The zero-order valence-corrected chi connectivity index (χ0v) is 16.0. The van der Waals surface area contributed by atoms with E-state index in [4.69, 9.17) is 4.74 Å². The molecular formula is C24H26O3. The van der Waals surface area contributed by atoms with Crippen molar-refractivity contribution < 1.29 is 14.6 Å². The molecule has 0 amide bonds. The Labute approximate surface area is 160 Å². The molecule has 0 unspecified atom stereocenters. The molecule has 1 N–H and O–H groups in total. The quantitative estimate of drug-likeness (QED) is 0.778. The van der Waals surface area contributed by atoms with E-state index in [1.807, 2.05) is 19.1 Å². The van der Waals surface area contributed by atoms with Gasteiger partial charge < -0.3 is 9.84 Å². The number of hydrogen-bond acceptors (Lipinski definition) is 3. The van der Waals surface area contributed by atoms with Gasteiger partial charge in [0.1, 0.15) is 5.76 Å². The molecule has 3 heteroatoms. The lowest BCUT2D eigenvalue weighted by molar-refractivity contribution is -0.118. The van der Waals surface area contributed by atoms with Gasteiger partial charge in [0.05, 0.1) is 5.57 Å². The molecule has 0 radical (unpaired) electrons. The molecule has 2 aromatic carbocycles.